The lowest BCUT2D eigenvalue weighted by molar-refractivity contribution is -0.163. The first-order valence-electron chi connectivity index (χ1n) is 6.57. The SMILES string of the molecule is CCOC(=O)C(CC1CCC(C)O1)C(=O)OCC. The topological polar surface area (TPSA) is 61.8 Å². The molecule has 0 aromatic rings. The second kappa shape index (κ2) is 7.36. The van der Waals surface area contributed by atoms with Crippen LogP contribution >= 0.6 is 0 Å². The van der Waals surface area contributed by atoms with Crippen LogP contribution in [-0.4, -0.2) is 37.4 Å². The zero-order valence-corrected chi connectivity index (χ0v) is 11.3. The Morgan fingerprint density at radius 2 is 1.72 bits per heavy atom. The average molecular weight is 258 g/mol. The summed E-state index contributed by atoms with van der Waals surface area (Å²) in [6, 6.07) is 0. The molecule has 1 heterocycles. The van der Waals surface area contributed by atoms with Gasteiger partial charge in [0.15, 0.2) is 5.92 Å². The molecule has 0 radical (unpaired) electrons. The summed E-state index contributed by atoms with van der Waals surface area (Å²) < 4.78 is 15.5. The zero-order valence-electron chi connectivity index (χ0n) is 11.3. The van der Waals surface area contributed by atoms with Gasteiger partial charge in [-0.3, -0.25) is 9.59 Å². The summed E-state index contributed by atoms with van der Waals surface area (Å²) in [5, 5.41) is 0. The highest BCUT2D eigenvalue weighted by atomic mass is 16.6. The van der Waals surface area contributed by atoms with Gasteiger partial charge in [0.05, 0.1) is 25.4 Å². The van der Waals surface area contributed by atoms with Gasteiger partial charge in [-0.25, -0.2) is 0 Å². The van der Waals surface area contributed by atoms with E-state index in [1.807, 2.05) is 6.92 Å². The van der Waals surface area contributed by atoms with Crippen molar-refractivity contribution in [1.29, 1.82) is 0 Å². The van der Waals surface area contributed by atoms with Gasteiger partial charge in [-0.1, -0.05) is 0 Å². The number of carbonyl (C=O) groups is 2. The minimum Gasteiger partial charge on any atom is -0.465 e. The molecule has 2 unspecified atom stereocenters. The lowest BCUT2D eigenvalue weighted by Gasteiger charge is -2.18. The van der Waals surface area contributed by atoms with Crippen LogP contribution < -0.4 is 0 Å². The van der Waals surface area contributed by atoms with Crippen LogP contribution in [0.1, 0.15) is 40.0 Å². The van der Waals surface area contributed by atoms with Gasteiger partial charge in [-0.05, 0) is 40.0 Å². The molecular formula is C13H22O5. The molecule has 0 aliphatic carbocycles. The van der Waals surface area contributed by atoms with E-state index in [-0.39, 0.29) is 25.4 Å². The summed E-state index contributed by atoms with van der Waals surface area (Å²) in [6.07, 6.45) is 2.32. The Hall–Kier alpha value is -1.10. The fourth-order valence-electron chi connectivity index (χ4n) is 2.10. The fraction of sp³-hybridized carbons (Fsp3) is 0.846. The molecule has 18 heavy (non-hydrogen) atoms. The van der Waals surface area contributed by atoms with Crippen LogP contribution in [0.4, 0.5) is 0 Å². The second-order valence-electron chi connectivity index (χ2n) is 4.44. The third-order valence-electron chi connectivity index (χ3n) is 2.96. The third-order valence-corrected chi connectivity index (χ3v) is 2.96. The lowest BCUT2D eigenvalue weighted by atomic mass is 10.00. The molecule has 2 atom stereocenters. The molecule has 0 saturated carbocycles. The molecule has 1 aliphatic rings. The van der Waals surface area contributed by atoms with Gasteiger partial charge in [0.1, 0.15) is 0 Å². The smallest absolute Gasteiger partial charge is 0.320 e. The molecule has 0 N–H and O–H groups in total. The van der Waals surface area contributed by atoms with E-state index in [4.69, 9.17) is 14.2 Å². The first-order valence-corrected chi connectivity index (χ1v) is 6.57. The molecule has 0 bridgehead atoms. The predicted molar refractivity (Wildman–Crippen MR) is 64.9 cm³/mol. The highest BCUT2D eigenvalue weighted by Crippen LogP contribution is 2.25. The first-order chi connectivity index (χ1) is 8.58. The van der Waals surface area contributed by atoms with Gasteiger partial charge in [0.2, 0.25) is 0 Å². The largest absolute Gasteiger partial charge is 0.465 e. The summed E-state index contributed by atoms with van der Waals surface area (Å²) >= 11 is 0. The quantitative estimate of drug-likeness (QED) is 0.536. The maximum absolute atomic E-state index is 11.8. The van der Waals surface area contributed by atoms with Gasteiger partial charge < -0.3 is 14.2 Å². The van der Waals surface area contributed by atoms with E-state index >= 15 is 0 Å². The van der Waals surface area contributed by atoms with Crippen LogP contribution in [0.25, 0.3) is 0 Å². The van der Waals surface area contributed by atoms with Crippen molar-refractivity contribution in [2.45, 2.75) is 52.2 Å². The third kappa shape index (κ3) is 4.29. The Balaban J connectivity index is 2.59. The van der Waals surface area contributed by atoms with Crippen LogP contribution in [-0.2, 0) is 23.8 Å². The van der Waals surface area contributed by atoms with Crippen molar-refractivity contribution < 1.29 is 23.8 Å². The average Bonchev–Trinajstić information content (AvgIpc) is 2.72. The molecule has 0 spiro atoms. The van der Waals surface area contributed by atoms with E-state index in [1.165, 1.54) is 0 Å². The first kappa shape index (κ1) is 15.0. The van der Waals surface area contributed by atoms with E-state index < -0.39 is 17.9 Å². The number of ether oxygens (including phenoxy) is 3. The minimum absolute atomic E-state index is 0.0567. The second-order valence-corrected chi connectivity index (χ2v) is 4.44. The molecular weight excluding hydrogens is 236 g/mol. The summed E-state index contributed by atoms with van der Waals surface area (Å²) in [7, 11) is 0. The molecule has 1 rings (SSSR count). The van der Waals surface area contributed by atoms with E-state index in [0.717, 1.165) is 12.8 Å². The van der Waals surface area contributed by atoms with Gasteiger partial charge in [0, 0.05) is 0 Å². The van der Waals surface area contributed by atoms with Crippen LogP contribution in [0.15, 0.2) is 0 Å². The molecule has 1 fully saturated rings. The number of esters is 2. The zero-order chi connectivity index (χ0) is 13.5. The summed E-state index contributed by atoms with van der Waals surface area (Å²) in [4.78, 5) is 23.5. The van der Waals surface area contributed by atoms with Gasteiger partial charge in [-0.2, -0.15) is 0 Å². The maximum Gasteiger partial charge on any atom is 0.320 e. The predicted octanol–water partition coefficient (Wildman–Crippen LogP) is 1.69. The lowest BCUT2D eigenvalue weighted by Crippen LogP contribution is -2.31. The number of rotatable bonds is 6. The molecule has 1 saturated heterocycles. The highest BCUT2D eigenvalue weighted by Gasteiger charge is 2.35. The van der Waals surface area contributed by atoms with Crippen molar-refractivity contribution >= 4 is 11.9 Å². The molecule has 5 heteroatoms. The van der Waals surface area contributed by atoms with Crippen LogP contribution in [0.3, 0.4) is 0 Å². The molecule has 0 aromatic heterocycles. The molecule has 104 valence electrons. The van der Waals surface area contributed by atoms with Crippen molar-refractivity contribution in [1.82, 2.24) is 0 Å². The van der Waals surface area contributed by atoms with E-state index in [9.17, 15) is 9.59 Å². The molecule has 1 aliphatic heterocycles. The monoisotopic (exact) mass is 258 g/mol. The Morgan fingerprint density at radius 3 is 2.11 bits per heavy atom. The van der Waals surface area contributed by atoms with Crippen molar-refractivity contribution in [2.75, 3.05) is 13.2 Å². The normalized spacial score (nSPS) is 23.1. The van der Waals surface area contributed by atoms with E-state index in [1.54, 1.807) is 13.8 Å². The van der Waals surface area contributed by atoms with E-state index in [0.29, 0.717) is 6.42 Å². The standard InChI is InChI=1S/C13H22O5/c1-4-16-12(14)11(13(15)17-5-2)8-10-7-6-9(3)18-10/h9-11H,4-8H2,1-3H3. The van der Waals surface area contributed by atoms with Crippen molar-refractivity contribution in [2.24, 2.45) is 5.92 Å². The summed E-state index contributed by atoms with van der Waals surface area (Å²) in [5.74, 6) is -1.89. The van der Waals surface area contributed by atoms with Crippen LogP contribution in [0.2, 0.25) is 0 Å². The molecule has 0 aromatic carbocycles. The Kier molecular flexibility index (Phi) is 6.12. The number of hydrogen-bond acceptors (Lipinski definition) is 5. The summed E-state index contributed by atoms with van der Waals surface area (Å²) in [5.41, 5.74) is 0. The van der Waals surface area contributed by atoms with Crippen molar-refractivity contribution in [3.8, 4) is 0 Å². The number of carbonyl (C=O) groups excluding carboxylic acids is 2. The van der Waals surface area contributed by atoms with E-state index in [2.05, 4.69) is 0 Å². The highest BCUT2D eigenvalue weighted by molar-refractivity contribution is 5.94. The fourth-order valence-corrected chi connectivity index (χ4v) is 2.10. The Morgan fingerprint density at radius 1 is 1.17 bits per heavy atom. The van der Waals surface area contributed by atoms with Crippen LogP contribution in [0, 0.1) is 5.92 Å². The van der Waals surface area contributed by atoms with Gasteiger partial charge in [0.25, 0.3) is 0 Å². The Bertz CT molecular complexity index is 271. The summed E-state index contributed by atoms with van der Waals surface area (Å²) in [6.45, 7) is 5.94. The van der Waals surface area contributed by atoms with Crippen molar-refractivity contribution in [3.63, 3.8) is 0 Å². The number of hydrogen-bond donors (Lipinski definition) is 0. The minimum atomic E-state index is -0.861. The molecule has 0 amide bonds. The van der Waals surface area contributed by atoms with Crippen LogP contribution in [0.5, 0.6) is 0 Å². The van der Waals surface area contributed by atoms with Gasteiger partial charge in [-0.15, -0.1) is 0 Å². The maximum atomic E-state index is 11.8. The van der Waals surface area contributed by atoms with Gasteiger partial charge >= 0.3 is 11.9 Å². The molecule has 5 nitrogen and oxygen atoms in total. The Labute approximate surface area is 108 Å². The van der Waals surface area contributed by atoms with Crippen molar-refractivity contribution in [3.05, 3.63) is 0 Å².